The molecular formula is C23H24N2O3. The summed E-state index contributed by atoms with van der Waals surface area (Å²) < 4.78 is 0. The summed E-state index contributed by atoms with van der Waals surface area (Å²) in [5.41, 5.74) is 2.21. The largest absolute Gasteiger partial charge is 0.323 e. The molecule has 1 aliphatic heterocycles. The Kier molecular flexibility index (Phi) is 4.99. The third kappa shape index (κ3) is 3.33. The van der Waals surface area contributed by atoms with Gasteiger partial charge in [-0.25, -0.2) is 4.90 Å². The van der Waals surface area contributed by atoms with Crippen molar-refractivity contribution in [3.05, 3.63) is 65.7 Å². The molecule has 0 spiro atoms. The molecule has 3 amide bonds. The molecule has 2 aliphatic rings. The quantitative estimate of drug-likeness (QED) is 0.765. The second-order valence-corrected chi connectivity index (χ2v) is 7.64. The van der Waals surface area contributed by atoms with Crippen molar-refractivity contribution in [2.24, 2.45) is 0 Å². The summed E-state index contributed by atoms with van der Waals surface area (Å²) in [7, 11) is 0. The first-order chi connectivity index (χ1) is 13.6. The van der Waals surface area contributed by atoms with E-state index < -0.39 is 6.04 Å². The number of hydrogen-bond acceptors (Lipinski definition) is 3. The van der Waals surface area contributed by atoms with E-state index in [2.05, 4.69) is 0 Å². The number of carbonyl (C=O) groups is 3. The Hall–Kier alpha value is -2.95. The van der Waals surface area contributed by atoms with Gasteiger partial charge < -0.3 is 4.90 Å². The van der Waals surface area contributed by atoms with Crippen molar-refractivity contribution in [3.63, 3.8) is 0 Å². The van der Waals surface area contributed by atoms with Crippen LogP contribution in [0.3, 0.4) is 0 Å². The zero-order valence-electron chi connectivity index (χ0n) is 16.0. The summed E-state index contributed by atoms with van der Waals surface area (Å²) in [6.07, 6.45) is 3.88. The lowest BCUT2D eigenvalue weighted by atomic mass is 10.0. The number of hydrogen-bond donors (Lipinski definition) is 0. The minimum atomic E-state index is -0.732. The van der Waals surface area contributed by atoms with Gasteiger partial charge in [-0.2, -0.15) is 0 Å². The van der Waals surface area contributed by atoms with Gasteiger partial charge in [-0.3, -0.25) is 14.4 Å². The minimum absolute atomic E-state index is 0.00581. The molecule has 0 bridgehead atoms. The first-order valence-electron chi connectivity index (χ1n) is 9.87. The van der Waals surface area contributed by atoms with Crippen LogP contribution in [-0.4, -0.2) is 34.7 Å². The zero-order valence-corrected chi connectivity index (χ0v) is 16.0. The molecule has 2 aromatic carbocycles. The summed E-state index contributed by atoms with van der Waals surface area (Å²) in [5.74, 6) is -0.711. The molecule has 1 saturated carbocycles. The fraction of sp³-hybridized carbons (Fsp3) is 0.348. The molecule has 5 nitrogen and oxygen atoms in total. The number of benzene rings is 2. The summed E-state index contributed by atoms with van der Waals surface area (Å²) >= 11 is 0. The normalized spacial score (nSPS) is 20.0. The lowest BCUT2D eigenvalue weighted by molar-refractivity contribution is -0.123. The number of anilines is 1. The van der Waals surface area contributed by atoms with Crippen molar-refractivity contribution in [1.82, 2.24) is 4.90 Å². The predicted molar refractivity (Wildman–Crippen MR) is 107 cm³/mol. The molecule has 28 heavy (non-hydrogen) atoms. The number of nitrogens with zero attached hydrogens (tertiary/aromatic N) is 2. The van der Waals surface area contributed by atoms with Gasteiger partial charge >= 0.3 is 0 Å². The monoisotopic (exact) mass is 376 g/mol. The maximum atomic E-state index is 13.4. The van der Waals surface area contributed by atoms with Gasteiger partial charge in [0.1, 0.15) is 6.04 Å². The minimum Gasteiger partial charge on any atom is -0.323 e. The van der Waals surface area contributed by atoms with Crippen molar-refractivity contribution in [2.45, 2.75) is 51.1 Å². The van der Waals surface area contributed by atoms with E-state index in [1.165, 1.54) is 4.90 Å². The Morgan fingerprint density at radius 3 is 2.25 bits per heavy atom. The van der Waals surface area contributed by atoms with Crippen molar-refractivity contribution < 1.29 is 14.4 Å². The molecule has 2 aromatic rings. The molecule has 1 saturated heterocycles. The Morgan fingerprint density at radius 1 is 0.964 bits per heavy atom. The Morgan fingerprint density at radius 2 is 1.61 bits per heavy atom. The van der Waals surface area contributed by atoms with Gasteiger partial charge in [-0.05, 0) is 44.0 Å². The second-order valence-electron chi connectivity index (χ2n) is 7.64. The summed E-state index contributed by atoms with van der Waals surface area (Å²) in [6, 6.07) is 15.6. The van der Waals surface area contributed by atoms with Crippen molar-refractivity contribution in [2.75, 3.05) is 4.90 Å². The first-order valence-corrected chi connectivity index (χ1v) is 9.87. The molecule has 5 heteroatoms. The average Bonchev–Trinajstić information content (AvgIpc) is 3.32. The van der Waals surface area contributed by atoms with Crippen LogP contribution in [0, 0.1) is 6.92 Å². The fourth-order valence-electron chi connectivity index (χ4n) is 4.27. The standard InChI is InChI=1S/C23H24N2O3/c1-16-11-13-17(14-12-16)22(27)24(18-9-5-6-10-18)20-15-21(26)25(23(20)28)19-7-3-2-4-8-19/h2-4,7-8,11-14,18,20H,5-6,9-10,15H2,1H3. The third-order valence-electron chi connectivity index (χ3n) is 5.72. The molecule has 2 fully saturated rings. The fourth-order valence-corrected chi connectivity index (χ4v) is 4.27. The zero-order chi connectivity index (χ0) is 19.7. The molecule has 0 radical (unpaired) electrons. The van der Waals surface area contributed by atoms with Crippen LogP contribution >= 0.6 is 0 Å². The van der Waals surface area contributed by atoms with Crippen LogP contribution in [0.5, 0.6) is 0 Å². The van der Waals surface area contributed by atoms with E-state index in [4.69, 9.17) is 0 Å². The van der Waals surface area contributed by atoms with Crippen LogP contribution in [0.2, 0.25) is 0 Å². The Labute approximate surface area is 164 Å². The highest BCUT2D eigenvalue weighted by Gasteiger charge is 2.46. The van der Waals surface area contributed by atoms with Crippen molar-refractivity contribution in [3.8, 4) is 0 Å². The molecule has 144 valence electrons. The lowest BCUT2D eigenvalue weighted by Gasteiger charge is -2.33. The first kappa shape index (κ1) is 18.4. The van der Waals surface area contributed by atoms with E-state index in [0.29, 0.717) is 11.3 Å². The molecule has 1 atom stereocenters. The van der Waals surface area contributed by atoms with Crippen molar-refractivity contribution in [1.29, 1.82) is 0 Å². The molecule has 1 unspecified atom stereocenters. The van der Waals surface area contributed by atoms with E-state index in [1.807, 2.05) is 25.1 Å². The van der Waals surface area contributed by atoms with E-state index in [0.717, 1.165) is 31.2 Å². The molecule has 0 N–H and O–H groups in total. The SMILES string of the molecule is Cc1ccc(C(=O)N(C2CCCC2)C2CC(=O)N(c3ccccc3)C2=O)cc1. The second kappa shape index (κ2) is 7.58. The van der Waals surface area contributed by atoms with E-state index in [9.17, 15) is 14.4 Å². The summed E-state index contributed by atoms with van der Waals surface area (Å²) in [4.78, 5) is 42.2. The molecule has 0 aromatic heterocycles. The number of rotatable bonds is 4. The van der Waals surface area contributed by atoms with Gasteiger partial charge in [-0.1, -0.05) is 48.7 Å². The highest BCUT2D eigenvalue weighted by Crippen LogP contribution is 2.32. The number of para-hydroxylation sites is 1. The number of aryl methyl sites for hydroxylation is 1. The predicted octanol–water partition coefficient (Wildman–Crippen LogP) is 3.71. The van der Waals surface area contributed by atoms with Crippen LogP contribution in [0.4, 0.5) is 5.69 Å². The topological polar surface area (TPSA) is 57.7 Å². The number of carbonyl (C=O) groups excluding carboxylic acids is 3. The highest BCUT2D eigenvalue weighted by molar-refractivity contribution is 6.23. The third-order valence-corrected chi connectivity index (χ3v) is 5.72. The Balaban J connectivity index is 1.67. The highest BCUT2D eigenvalue weighted by atomic mass is 16.2. The van der Waals surface area contributed by atoms with Gasteiger partial charge in [0, 0.05) is 11.6 Å². The van der Waals surface area contributed by atoms with Crippen LogP contribution in [0.25, 0.3) is 0 Å². The van der Waals surface area contributed by atoms with Crippen LogP contribution in [-0.2, 0) is 9.59 Å². The number of amides is 3. The van der Waals surface area contributed by atoms with Gasteiger partial charge in [0.25, 0.3) is 11.8 Å². The van der Waals surface area contributed by atoms with Gasteiger partial charge in [0.15, 0.2) is 0 Å². The molecule has 1 heterocycles. The van der Waals surface area contributed by atoms with Crippen LogP contribution in [0.15, 0.2) is 54.6 Å². The van der Waals surface area contributed by atoms with Gasteiger partial charge in [0.05, 0.1) is 12.1 Å². The summed E-state index contributed by atoms with van der Waals surface area (Å²) in [5, 5.41) is 0. The molecule has 1 aliphatic carbocycles. The van der Waals surface area contributed by atoms with E-state index >= 15 is 0 Å². The Bertz CT molecular complexity index is 886. The van der Waals surface area contributed by atoms with Gasteiger partial charge in [-0.15, -0.1) is 0 Å². The maximum absolute atomic E-state index is 13.4. The van der Waals surface area contributed by atoms with Gasteiger partial charge in [0.2, 0.25) is 5.91 Å². The molecule has 4 rings (SSSR count). The lowest BCUT2D eigenvalue weighted by Crippen LogP contribution is -2.50. The van der Waals surface area contributed by atoms with Crippen molar-refractivity contribution >= 4 is 23.4 Å². The maximum Gasteiger partial charge on any atom is 0.257 e. The van der Waals surface area contributed by atoms with Crippen LogP contribution < -0.4 is 4.90 Å². The number of imide groups is 1. The smallest absolute Gasteiger partial charge is 0.257 e. The average molecular weight is 376 g/mol. The van der Waals surface area contributed by atoms with E-state index in [-0.39, 0.29) is 30.2 Å². The summed E-state index contributed by atoms with van der Waals surface area (Å²) in [6.45, 7) is 1.97. The van der Waals surface area contributed by atoms with Crippen LogP contribution in [0.1, 0.15) is 48.0 Å². The van der Waals surface area contributed by atoms with E-state index in [1.54, 1.807) is 41.3 Å². The molecular weight excluding hydrogens is 352 g/mol.